The van der Waals surface area contributed by atoms with E-state index in [0.29, 0.717) is 5.11 Å². The molecule has 1 aromatic carbocycles. The molecule has 0 radical (unpaired) electrons. The SMILES string of the molecule is CCCCc1ccc(NC(=S)NCCc2ccccn2)c(C)c1. The van der Waals surface area contributed by atoms with Crippen LogP contribution in [0, 0.1) is 6.92 Å². The largest absolute Gasteiger partial charge is 0.362 e. The van der Waals surface area contributed by atoms with E-state index in [2.05, 4.69) is 47.7 Å². The zero-order valence-corrected chi connectivity index (χ0v) is 14.7. The molecule has 23 heavy (non-hydrogen) atoms. The van der Waals surface area contributed by atoms with E-state index < -0.39 is 0 Å². The molecular weight excluding hydrogens is 302 g/mol. The number of benzene rings is 1. The Morgan fingerprint density at radius 2 is 2.04 bits per heavy atom. The zero-order chi connectivity index (χ0) is 16.5. The van der Waals surface area contributed by atoms with E-state index in [-0.39, 0.29) is 0 Å². The lowest BCUT2D eigenvalue weighted by atomic mass is 10.0. The first kappa shape index (κ1) is 17.4. The number of hydrogen-bond donors (Lipinski definition) is 2. The van der Waals surface area contributed by atoms with E-state index in [1.807, 2.05) is 24.4 Å². The van der Waals surface area contributed by atoms with Crippen LogP contribution in [0.3, 0.4) is 0 Å². The number of aryl methyl sites for hydroxylation is 2. The molecule has 0 unspecified atom stereocenters. The summed E-state index contributed by atoms with van der Waals surface area (Å²) in [7, 11) is 0. The van der Waals surface area contributed by atoms with Crippen LogP contribution in [0.25, 0.3) is 0 Å². The van der Waals surface area contributed by atoms with E-state index in [9.17, 15) is 0 Å². The quantitative estimate of drug-likeness (QED) is 0.745. The molecule has 122 valence electrons. The summed E-state index contributed by atoms with van der Waals surface area (Å²) in [6, 6.07) is 12.5. The average molecular weight is 327 g/mol. The van der Waals surface area contributed by atoms with Crippen molar-refractivity contribution in [2.24, 2.45) is 0 Å². The molecule has 3 nitrogen and oxygen atoms in total. The van der Waals surface area contributed by atoms with Crippen molar-refractivity contribution in [1.29, 1.82) is 0 Å². The summed E-state index contributed by atoms with van der Waals surface area (Å²) in [5.74, 6) is 0. The van der Waals surface area contributed by atoms with Gasteiger partial charge in [-0.3, -0.25) is 4.98 Å². The van der Waals surface area contributed by atoms with Gasteiger partial charge in [-0.2, -0.15) is 0 Å². The standard InChI is InChI=1S/C19H25N3S/c1-3-4-7-16-9-10-18(15(2)14-16)22-19(23)21-13-11-17-8-5-6-12-20-17/h5-6,8-10,12,14H,3-4,7,11,13H2,1-2H3,(H2,21,22,23). The normalized spacial score (nSPS) is 10.3. The molecule has 2 aromatic rings. The van der Waals surface area contributed by atoms with Gasteiger partial charge < -0.3 is 10.6 Å². The van der Waals surface area contributed by atoms with Gasteiger partial charge in [-0.15, -0.1) is 0 Å². The Labute approximate surface area is 144 Å². The van der Waals surface area contributed by atoms with E-state index in [4.69, 9.17) is 12.2 Å². The number of thiocarbonyl (C=S) groups is 1. The minimum atomic E-state index is 0.658. The van der Waals surface area contributed by atoms with Crippen LogP contribution in [0.15, 0.2) is 42.6 Å². The highest BCUT2D eigenvalue weighted by Gasteiger charge is 2.03. The Morgan fingerprint density at radius 3 is 2.74 bits per heavy atom. The van der Waals surface area contributed by atoms with Crippen molar-refractivity contribution in [2.45, 2.75) is 39.5 Å². The summed E-state index contributed by atoms with van der Waals surface area (Å²) in [4.78, 5) is 4.30. The average Bonchev–Trinajstić information content (AvgIpc) is 2.56. The third-order valence-corrected chi connectivity index (χ3v) is 4.00. The molecule has 0 aliphatic heterocycles. The molecule has 4 heteroatoms. The van der Waals surface area contributed by atoms with Gasteiger partial charge >= 0.3 is 0 Å². The number of rotatable bonds is 7. The van der Waals surface area contributed by atoms with Crippen molar-refractivity contribution in [3.8, 4) is 0 Å². The van der Waals surface area contributed by atoms with Crippen LogP contribution in [0.2, 0.25) is 0 Å². The minimum absolute atomic E-state index is 0.658. The summed E-state index contributed by atoms with van der Waals surface area (Å²) in [6.07, 6.45) is 6.28. The molecule has 0 spiro atoms. The number of pyridine rings is 1. The minimum Gasteiger partial charge on any atom is -0.362 e. The van der Waals surface area contributed by atoms with Gasteiger partial charge in [0.15, 0.2) is 5.11 Å². The summed E-state index contributed by atoms with van der Waals surface area (Å²) in [6.45, 7) is 5.11. The topological polar surface area (TPSA) is 37.0 Å². The Morgan fingerprint density at radius 1 is 1.17 bits per heavy atom. The van der Waals surface area contributed by atoms with Crippen LogP contribution >= 0.6 is 12.2 Å². The fraction of sp³-hybridized carbons (Fsp3) is 0.368. The number of nitrogens with zero attached hydrogens (tertiary/aromatic N) is 1. The van der Waals surface area contributed by atoms with Gasteiger partial charge in [-0.25, -0.2) is 0 Å². The maximum Gasteiger partial charge on any atom is 0.170 e. The van der Waals surface area contributed by atoms with Crippen molar-refractivity contribution in [1.82, 2.24) is 10.3 Å². The van der Waals surface area contributed by atoms with E-state index in [1.54, 1.807) is 0 Å². The van der Waals surface area contributed by atoms with Gasteiger partial charge in [0.25, 0.3) is 0 Å². The van der Waals surface area contributed by atoms with Crippen molar-refractivity contribution in [3.05, 3.63) is 59.4 Å². The maximum absolute atomic E-state index is 5.37. The monoisotopic (exact) mass is 327 g/mol. The molecule has 0 aliphatic carbocycles. The third kappa shape index (κ3) is 5.99. The number of anilines is 1. The van der Waals surface area contributed by atoms with Crippen molar-refractivity contribution in [2.75, 3.05) is 11.9 Å². The molecule has 2 rings (SSSR count). The molecule has 0 aliphatic rings. The number of hydrogen-bond acceptors (Lipinski definition) is 2. The first-order valence-electron chi connectivity index (χ1n) is 8.23. The Balaban J connectivity index is 1.80. The predicted octanol–water partition coefficient (Wildman–Crippen LogP) is 4.26. The summed E-state index contributed by atoms with van der Waals surface area (Å²) in [5.41, 5.74) is 4.76. The van der Waals surface area contributed by atoms with Gasteiger partial charge in [0.2, 0.25) is 0 Å². The first-order chi connectivity index (χ1) is 11.2. The highest BCUT2D eigenvalue weighted by atomic mass is 32.1. The molecule has 0 saturated carbocycles. The smallest absolute Gasteiger partial charge is 0.170 e. The Kier molecular flexibility index (Phi) is 7.01. The lowest BCUT2D eigenvalue weighted by molar-refractivity contribution is 0.794. The van der Waals surface area contributed by atoms with Gasteiger partial charge in [0.05, 0.1) is 0 Å². The summed E-state index contributed by atoms with van der Waals surface area (Å²) < 4.78 is 0. The third-order valence-electron chi connectivity index (χ3n) is 3.75. The number of unbranched alkanes of at least 4 members (excludes halogenated alkanes) is 1. The molecule has 0 fully saturated rings. The fourth-order valence-electron chi connectivity index (χ4n) is 2.42. The number of nitrogens with one attached hydrogen (secondary N) is 2. The van der Waals surface area contributed by atoms with Gasteiger partial charge in [0.1, 0.15) is 0 Å². The second kappa shape index (κ2) is 9.26. The van der Waals surface area contributed by atoms with Crippen LogP contribution in [0.4, 0.5) is 5.69 Å². The molecule has 0 bridgehead atoms. The maximum atomic E-state index is 5.37. The zero-order valence-electron chi connectivity index (χ0n) is 13.9. The van der Waals surface area contributed by atoms with Gasteiger partial charge in [-0.1, -0.05) is 31.5 Å². The molecule has 0 amide bonds. The second-order valence-electron chi connectivity index (χ2n) is 5.70. The van der Waals surface area contributed by atoms with Crippen LogP contribution in [-0.2, 0) is 12.8 Å². The van der Waals surface area contributed by atoms with E-state index >= 15 is 0 Å². The molecule has 0 atom stereocenters. The lowest BCUT2D eigenvalue weighted by Crippen LogP contribution is -2.30. The van der Waals surface area contributed by atoms with Crippen molar-refractivity contribution in [3.63, 3.8) is 0 Å². The van der Waals surface area contributed by atoms with Crippen molar-refractivity contribution < 1.29 is 0 Å². The lowest BCUT2D eigenvalue weighted by Gasteiger charge is -2.13. The molecular formula is C19H25N3S. The van der Waals surface area contributed by atoms with Crippen molar-refractivity contribution >= 4 is 23.0 Å². The first-order valence-corrected chi connectivity index (χ1v) is 8.64. The van der Waals surface area contributed by atoms with Crippen LogP contribution in [-0.4, -0.2) is 16.6 Å². The molecule has 1 heterocycles. The highest BCUT2D eigenvalue weighted by molar-refractivity contribution is 7.80. The van der Waals surface area contributed by atoms with E-state index in [0.717, 1.165) is 30.8 Å². The summed E-state index contributed by atoms with van der Waals surface area (Å²) in [5, 5.41) is 7.17. The second-order valence-corrected chi connectivity index (χ2v) is 6.11. The summed E-state index contributed by atoms with van der Waals surface area (Å²) >= 11 is 5.37. The van der Waals surface area contributed by atoms with E-state index in [1.165, 1.54) is 24.0 Å². The highest BCUT2D eigenvalue weighted by Crippen LogP contribution is 2.17. The predicted molar refractivity (Wildman–Crippen MR) is 102 cm³/mol. The van der Waals surface area contributed by atoms with Crippen LogP contribution in [0.5, 0.6) is 0 Å². The van der Waals surface area contributed by atoms with Gasteiger partial charge in [0, 0.05) is 30.5 Å². The number of aromatic nitrogens is 1. The van der Waals surface area contributed by atoms with Crippen LogP contribution < -0.4 is 10.6 Å². The van der Waals surface area contributed by atoms with Gasteiger partial charge in [-0.05, 0) is 61.3 Å². The molecule has 1 aromatic heterocycles. The fourth-order valence-corrected chi connectivity index (χ4v) is 2.63. The Bertz CT molecular complexity index is 626. The Hall–Kier alpha value is -1.94. The molecule has 2 N–H and O–H groups in total. The van der Waals surface area contributed by atoms with Crippen LogP contribution in [0.1, 0.15) is 36.6 Å². The molecule has 0 saturated heterocycles.